The van der Waals surface area contributed by atoms with E-state index in [1.807, 2.05) is 29.2 Å². The van der Waals surface area contributed by atoms with Gasteiger partial charge in [0.2, 0.25) is 11.8 Å². The molecule has 1 aromatic carbocycles. The molecule has 4 amide bonds. The average Bonchev–Trinajstić information content (AvgIpc) is 2.57. The summed E-state index contributed by atoms with van der Waals surface area (Å²) in [5.74, 6) is -0.219. The van der Waals surface area contributed by atoms with Crippen molar-refractivity contribution in [1.82, 2.24) is 15.5 Å². The van der Waals surface area contributed by atoms with E-state index >= 15 is 0 Å². The van der Waals surface area contributed by atoms with E-state index in [2.05, 4.69) is 16.0 Å². The monoisotopic (exact) mass is 332 g/mol. The molecular weight excluding hydrogens is 308 g/mol. The van der Waals surface area contributed by atoms with Crippen LogP contribution in [0.2, 0.25) is 0 Å². The molecule has 1 fully saturated rings. The number of piperidine rings is 1. The van der Waals surface area contributed by atoms with Crippen LogP contribution in [0.5, 0.6) is 0 Å². The third-order valence-electron chi connectivity index (χ3n) is 3.96. The minimum atomic E-state index is -0.561. The van der Waals surface area contributed by atoms with Gasteiger partial charge in [-0.2, -0.15) is 0 Å². The van der Waals surface area contributed by atoms with Crippen LogP contribution in [0, 0.1) is 0 Å². The number of benzene rings is 1. The lowest BCUT2D eigenvalue weighted by Gasteiger charge is -2.27. The van der Waals surface area contributed by atoms with Crippen molar-refractivity contribution in [2.24, 2.45) is 0 Å². The summed E-state index contributed by atoms with van der Waals surface area (Å²) in [6.45, 7) is 3.05. The second-order valence-electron chi connectivity index (χ2n) is 5.91. The summed E-state index contributed by atoms with van der Waals surface area (Å²) in [6, 6.07) is 6.52. The first-order valence-electron chi connectivity index (χ1n) is 8.15. The number of hydrogen-bond acceptors (Lipinski definition) is 4. The predicted molar refractivity (Wildman–Crippen MR) is 91.4 cm³/mol. The van der Waals surface area contributed by atoms with Gasteiger partial charge in [0.15, 0.2) is 0 Å². The van der Waals surface area contributed by atoms with Crippen LogP contribution in [-0.4, -0.2) is 42.4 Å². The number of amides is 4. The van der Waals surface area contributed by atoms with Crippen LogP contribution < -0.4 is 16.0 Å². The van der Waals surface area contributed by atoms with Gasteiger partial charge in [0.25, 0.3) is 0 Å². The number of anilines is 1. The smallest absolute Gasteiger partial charge is 0.321 e. The fraction of sp³-hybridized carbons (Fsp3) is 0.471. The Bertz CT molecular complexity index is 618. The third kappa shape index (κ3) is 4.97. The van der Waals surface area contributed by atoms with E-state index < -0.39 is 18.0 Å². The average molecular weight is 332 g/mol. The van der Waals surface area contributed by atoms with Crippen molar-refractivity contribution in [3.63, 3.8) is 0 Å². The second-order valence-corrected chi connectivity index (χ2v) is 5.91. The largest absolute Gasteiger partial charge is 0.374 e. The van der Waals surface area contributed by atoms with Crippen molar-refractivity contribution < 1.29 is 14.4 Å². The molecule has 1 aliphatic heterocycles. The number of nitrogens with one attached hydrogen (secondary N) is 3. The number of hydrogen-bond donors (Lipinski definition) is 3. The minimum Gasteiger partial charge on any atom is -0.374 e. The van der Waals surface area contributed by atoms with E-state index in [9.17, 15) is 14.4 Å². The van der Waals surface area contributed by atoms with Gasteiger partial charge in [-0.15, -0.1) is 0 Å². The minimum absolute atomic E-state index is 0.193. The van der Waals surface area contributed by atoms with Crippen LogP contribution in [0.25, 0.3) is 0 Å². The normalized spacial score (nSPS) is 15.6. The van der Waals surface area contributed by atoms with Gasteiger partial charge in [0.1, 0.15) is 6.04 Å². The first-order chi connectivity index (χ1) is 11.5. The molecule has 1 heterocycles. The number of rotatable bonds is 5. The summed E-state index contributed by atoms with van der Waals surface area (Å²) in [5, 5.41) is 7.63. The molecule has 1 saturated heterocycles. The van der Waals surface area contributed by atoms with E-state index in [-0.39, 0.29) is 5.91 Å². The standard InChI is InChI=1S/C17H24N4O3/c1-12(16(23)20-17(24)18-2)19-14-7-5-6-13(10-14)11-21-9-4-3-8-15(21)22/h5-7,10,12,19H,3-4,8-9,11H2,1-2H3,(H2,18,20,23,24). The Labute approximate surface area is 141 Å². The van der Waals surface area contributed by atoms with Crippen LogP contribution in [0.3, 0.4) is 0 Å². The van der Waals surface area contributed by atoms with Crippen LogP contribution >= 0.6 is 0 Å². The number of carbonyl (C=O) groups is 3. The van der Waals surface area contributed by atoms with E-state index in [0.29, 0.717) is 13.0 Å². The summed E-state index contributed by atoms with van der Waals surface area (Å²) in [4.78, 5) is 36.8. The van der Waals surface area contributed by atoms with E-state index in [1.54, 1.807) is 6.92 Å². The van der Waals surface area contributed by atoms with Gasteiger partial charge in [-0.05, 0) is 37.5 Å². The van der Waals surface area contributed by atoms with Crippen molar-refractivity contribution in [3.05, 3.63) is 29.8 Å². The molecule has 3 N–H and O–H groups in total. The predicted octanol–water partition coefficient (Wildman–Crippen LogP) is 1.46. The highest BCUT2D eigenvalue weighted by molar-refractivity contribution is 5.97. The second kappa shape index (κ2) is 8.33. The number of carbonyl (C=O) groups excluding carboxylic acids is 3. The SMILES string of the molecule is CNC(=O)NC(=O)C(C)Nc1cccc(CN2CCCCC2=O)c1. The van der Waals surface area contributed by atoms with Gasteiger partial charge < -0.3 is 15.5 Å². The quantitative estimate of drug-likeness (QED) is 0.761. The van der Waals surface area contributed by atoms with Crippen LogP contribution in [0.1, 0.15) is 31.7 Å². The van der Waals surface area contributed by atoms with Crippen molar-refractivity contribution in [1.29, 1.82) is 0 Å². The maximum absolute atomic E-state index is 11.9. The van der Waals surface area contributed by atoms with Crippen molar-refractivity contribution in [2.75, 3.05) is 18.9 Å². The number of likely N-dealkylation sites (tertiary alicyclic amines) is 1. The maximum atomic E-state index is 11.9. The Morgan fingerprint density at radius 2 is 2.08 bits per heavy atom. The third-order valence-corrected chi connectivity index (χ3v) is 3.96. The van der Waals surface area contributed by atoms with E-state index in [4.69, 9.17) is 0 Å². The molecule has 1 unspecified atom stereocenters. The zero-order valence-electron chi connectivity index (χ0n) is 14.1. The van der Waals surface area contributed by atoms with Gasteiger partial charge in [-0.1, -0.05) is 12.1 Å². The molecule has 0 spiro atoms. The van der Waals surface area contributed by atoms with Crippen LogP contribution in [0.15, 0.2) is 24.3 Å². The first-order valence-corrected chi connectivity index (χ1v) is 8.15. The van der Waals surface area contributed by atoms with E-state index in [1.165, 1.54) is 7.05 Å². The molecule has 1 aromatic rings. The number of nitrogens with zero attached hydrogens (tertiary/aromatic N) is 1. The molecule has 0 aromatic heterocycles. The van der Waals surface area contributed by atoms with Gasteiger partial charge in [-0.3, -0.25) is 14.9 Å². The van der Waals surface area contributed by atoms with Crippen molar-refractivity contribution in [2.45, 2.75) is 38.8 Å². The molecule has 1 atom stereocenters. The Morgan fingerprint density at radius 1 is 1.29 bits per heavy atom. The Hall–Kier alpha value is -2.57. The number of imide groups is 1. The van der Waals surface area contributed by atoms with Gasteiger partial charge >= 0.3 is 6.03 Å². The molecule has 7 nitrogen and oxygen atoms in total. The highest BCUT2D eigenvalue weighted by Gasteiger charge is 2.18. The molecule has 130 valence electrons. The fourth-order valence-corrected chi connectivity index (χ4v) is 2.61. The lowest BCUT2D eigenvalue weighted by Crippen LogP contribution is -2.44. The van der Waals surface area contributed by atoms with Crippen molar-refractivity contribution in [3.8, 4) is 0 Å². The number of urea groups is 1. The molecule has 0 saturated carbocycles. The first kappa shape index (κ1) is 17.8. The molecular formula is C17H24N4O3. The van der Waals surface area contributed by atoms with Gasteiger partial charge in [0.05, 0.1) is 0 Å². The topological polar surface area (TPSA) is 90.5 Å². The van der Waals surface area contributed by atoms with Crippen LogP contribution in [0.4, 0.5) is 10.5 Å². The fourth-order valence-electron chi connectivity index (χ4n) is 2.61. The Balaban J connectivity index is 1.95. The summed E-state index contributed by atoms with van der Waals surface area (Å²) in [7, 11) is 1.45. The lowest BCUT2D eigenvalue weighted by molar-refractivity contribution is -0.133. The summed E-state index contributed by atoms with van der Waals surface area (Å²) < 4.78 is 0. The zero-order valence-corrected chi connectivity index (χ0v) is 14.1. The maximum Gasteiger partial charge on any atom is 0.321 e. The summed E-state index contributed by atoms with van der Waals surface area (Å²) in [6.07, 6.45) is 2.63. The Morgan fingerprint density at radius 3 is 2.79 bits per heavy atom. The summed E-state index contributed by atoms with van der Waals surface area (Å²) >= 11 is 0. The highest BCUT2D eigenvalue weighted by Crippen LogP contribution is 2.17. The lowest BCUT2D eigenvalue weighted by atomic mass is 10.1. The molecule has 7 heteroatoms. The Kier molecular flexibility index (Phi) is 6.17. The molecule has 24 heavy (non-hydrogen) atoms. The molecule has 1 aliphatic rings. The summed E-state index contributed by atoms with van der Waals surface area (Å²) in [5.41, 5.74) is 1.78. The van der Waals surface area contributed by atoms with Gasteiger partial charge in [0, 0.05) is 32.2 Å². The van der Waals surface area contributed by atoms with Crippen molar-refractivity contribution >= 4 is 23.5 Å². The highest BCUT2D eigenvalue weighted by atomic mass is 16.2. The molecule has 0 bridgehead atoms. The van der Waals surface area contributed by atoms with Gasteiger partial charge in [-0.25, -0.2) is 4.79 Å². The molecule has 0 aliphatic carbocycles. The molecule has 2 rings (SSSR count). The van der Waals surface area contributed by atoms with E-state index in [0.717, 1.165) is 30.6 Å². The molecule has 0 radical (unpaired) electrons. The van der Waals surface area contributed by atoms with Crippen LogP contribution in [-0.2, 0) is 16.1 Å². The zero-order chi connectivity index (χ0) is 17.5.